The Bertz CT molecular complexity index is 752. The van der Waals surface area contributed by atoms with Gasteiger partial charge in [0.25, 0.3) is 0 Å². The molecule has 21 heavy (non-hydrogen) atoms. The second kappa shape index (κ2) is 7.33. The molecule has 0 radical (unpaired) electrons. The molecule has 0 aliphatic carbocycles. The van der Waals surface area contributed by atoms with Crippen molar-refractivity contribution in [2.75, 3.05) is 0 Å². The Hall–Kier alpha value is -1.72. The van der Waals surface area contributed by atoms with Crippen molar-refractivity contribution in [3.8, 4) is 0 Å². The van der Waals surface area contributed by atoms with Gasteiger partial charge in [0.2, 0.25) is 5.91 Å². The maximum Gasteiger partial charge on any atom is 0.248 e. The summed E-state index contributed by atoms with van der Waals surface area (Å²) in [5.74, 6) is -0.396. The number of benzene rings is 2. The summed E-state index contributed by atoms with van der Waals surface area (Å²) in [6, 6.07) is 16.9. The Morgan fingerprint density at radius 1 is 0.952 bits per heavy atom. The monoisotopic (exact) mass is 406 g/mol. The second-order valence-corrected chi connectivity index (χ2v) is 5.95. The molecule has 0 fully saturated rings. The van der Waals surface area contributed by atoms with Crippen LogP contribution in [0.15, 0.2) is 69.7 Å². The van der Waals surface area contributed by atoms with E-state index in [1.165, 1.54) is 0 Å². The van der Waals surface area contributed by atoms with Crippen LogP contribution in [0.25, 0.3) is 10.9 Å². The molecule has 0 aliphatic heterocycles. The summed E-state index contributed by atoms with van der Waals surface area (Å²) in [7, 11) is 0. The van der Waals surface area contributed by atoms with Gasteiger partial charge in [-0.3, -0.25) is 9.78 Å². The third-order valence-corrected chi connectivity index (χ3v) is 3.94. The standard InChI is InChI=1S/C9H6BrN.C7H6BrNO/c10-8-4-1-5-9-7(8)3-2-6-11-9;8-6-3-1-5(2-4-6)7(9)10/h1-6H;1-4H,(H2,9,10). The molecule has 0 unspecified atom stereocenters. The normalized spacial score (nSPS) is 9.81. The molecule has 0 atom stereocenters. The van der Waals surface area contributed by atoms with Crippen LogP contribution >= 0.6 is 31.9 Å². The maximum absolute atomic E-state index is 10.5. The number of hydrogen-bond acceptors (Lipinski definition) is 2. The molecule has 3 rings (SSSR count). The third-order valence-electron chi connectivity index (χ3n) is 2.72. The summed E-state index contributed by atoms with van der Waals surface area (Å²) in [6.07, 6.45) is 1.80. The van der Waals surface area contributed by atoms with Crippen molar-refractivity contribution in [3.63, 3.8) is 0 Å². The summed E-state index contributed by atoms with van der Waals surface area (Å²) in [6.45, 7) is 0. The molecule has 0 bridgehead atoms. The van der Waals surface area contributed by atoms with E-state index in [9.17, 15) is 4.79 Å². The Balaban J connectivity index is 0.000000155. The van der Waals surface area contributed by atoms with E-state index in [4.69, 9.17) is 5.73 Å². The van der Waals surface area contributed by atoms with Crippen molar-refractivity contribution in [2.24, 2.45) is 5.73 Å². The number of aromatic nitrogens is 1. The minimum Gasteiger partial charge on any atom is -0.366 e. The first-order valence-electron chi connectivity index (χ1n) is 6.12. The van der Waals surface area contributed by atoms with E-state index >= 15 is 0 Å². The fraction of sp³-hybridized carbons (Fsp3) is 0. The first-order valence-corrected chi connectivity index (χ1v) is 7.71. The van der Waals surface area contributed by atoms with E-state index in [-0.39, 0.29) is 0 Å². The topological polar surface area (TPSA) is 56.0 Å². The van der Waals surface area contributed by atoms with Crippen molar-refractivity contribution in [2.45, 2.75) is 0 Å². The number of fused-ring (bicyclic) bond motifs is 1. The van der Waals surface area contributed by atoms with E-state index in [1.807, 2.05) is 30.3 Å². The van der Waals surface area contributed by atoms with E-state index in [1.54, 1.807) is 30.5 Å². The van der Waals surface area contributed by atoms with Crippen molar-refractivity contribution in [3.05, 3.63) is 75.3 Å². The fourth-order valence-corrected chi connectivity index (χ4v) is 2.43. The van der Waals surface area contributed by atoms with Gasteiger partial charge >= 0.3 is 0 Å². The zero-order chi connectivity index (χ0) is 15.2. The van der Waals surface area contributed by atoms with Crippen LogP contribution in [0.3, 0.4) is 0 Å². The van der Waals surface area contributed by atoms with E-state index in [2.05, 4.69) is 36.8 Å². The summed E-state index contributed by atoms with van der Waals surface area (Å²) >= 11 is 6.70. The number of pyridine rings is 1. The predicted molar refractivity (Wildman–Crippen MR) is 92.1 cm³/mol. The minimum absolute atomic E-state index is 0.396. The van der Waals surface area contributed by atoms with Gasteiger partial charge in [-0.2, -0.15) is 0 Å². The highest BCUT2D eigenvalue weighted by molar-refractivity contribution is 9.11. The summed E-state index contributed by atoms with van der Waals surface area (Å²) in [5, 5.41) is 1.16. The highest BCUT2D eigenvalue weighted by Gasteiger charge is 1.96. The fourth-order valence-electron chi connectivity index (χ4n) is 1.68. The molecule has 1 aromatic heterocycles. The lowest BCUT2D eigenvalue weighted by Gasteiger charge is -1.96. The number of nitrogens with zero attached hydrogens (tertiary/aromatic N) is 1. The number of amides is 1. The van der Waals surface area contributed by atoms with Gasteiger partial charge in [0.15, 0.2) is 0 Å². The van der Waals surface area contributed by atoms with Crippen molar-refractivity contribution in [1.82, 2.24) is 4.98 Å². The minimum atomic E-state index is -0.396. The first-order chi connectivity index (χ1) is 10.1. The Kier molecular flexibility index (Phi) is 5.47. The Morgan fingerprint density at radius 2 is 1.67 bits per heavy atom. The van der Waals surface area contributed by atoms with Crippen LogP contribution in [0.5, 0.6) is 0 Å². The molecule has 0 saturated carbocycles. The average Bonchev–Trinajstić information content (AvgIpc) is 2.49. The van der Waals surface area contributed by atoms with Crippen LogP contribution in [0, 0.1) is 0 Å². The van der Waals surface area contributed by atoms with Gasteiger partial charge in [0, 0.05) is 26.1 Å². The lowest BCUT2D eigenvalue weighted by atomic mass is 10.2. The Labute approximate surface area is 139 Å². The number of carbonyl (C=O) groups excluding carboxylic acids is 1. The lowest BCUT2D eigenvalue weighted by Crippen LogP contribution is -2.10. The number of nitrogens with two attached hydrogens (primary N) is 1. The van der Waals surface area contributed by atoms with E-state index in [0.717, 1.165) is 19.8 Å². The number of rotatable bonds is 1. The van der Waals surface area contributed by atoms with Crippen LogP contribution in [-0.4, -0.2) is 10.9 Å². The van der Waals surface area contributed by atoms with Crippen LogP contribution in [0.4, 0.5) is 0 Å². The molecule has 3 nitrogen and oxygen atoms in total. The van der Waals surface area contributed by atoms with Gasteiger partial charge in [0.05, 0.1) is 5.52 Å². The molecular formula is C16H12Br2N2O. The molecule has 5 heteroatoms. The largest absolute Gasteiger partial charge is 0.366 e. The summed E-state index contributed by atoms with van der Waals surface area (Å²) < 4.78 is 2.04. The van der Waals surface area contributed by atoms with Gasteiger partial charge < -0.3 is 5.73 Å². The number of halogens is 2. The zero-order valence-corrected chi connectivity index (χ0v) is 14.1. The molecule has 1 heterocycles. The van der Waals surface area contributed by atoms with Gasteiger partial charge in [-0.25, -0.2) is 0 Å². The zero-order valence-electron chi connectivity index (χ0n) is 11.0. The highest BCUT2D eigenvalue weighted by Crippen LogP contribution is 2.20. The molecular weight excluding hydrogens is 396 g/mol. The second-order valence-electron chi connectivity index (χ2n) is 4.18. The smallest absolute Gasteiger partial charge is 0.248 e. The number of hydrogen-bond donors (Lipinski definition) is 1. The SMILES string of the molecule is Brc1cccc2ncccc12.NC(=O)c1ccc(Br)cc1. The average molecular weight is 408 g/mol. The molecule has 0 aliphatic rings. The Morgan fingerprint density at radius 3 is 2.29 bits per heavy atom. The lowest BCUT2D eigenvalue weighted by molar-refractivity contribution is 0.100. The van der Waals surface area contributed by atoms with Gasteiger partial charge in [-0.05, 0) is 42.5 Å². The molecule has 1 amide bonds. The van der Waals surface area contributed by atoms with Gasteiger partial charge in [-0.1, -0.05) is 44.0 Å². The van der Waals surface area contributed by atoms with Crippen LogP contribution in [0.1, 0.15) is 10.4 Å². The van der Waals surface area contributed by atoms with E-state index in [0.29, 0.717) is 5.56 Å². The van der Waals surface area contributed by atoms with Crippen molar-refractivity contribution >= 4 is 48.7 Å². The molecule has 2 N–H and O–H groups in total. The summed E-state index contributed by atoms with van der Waals surface area (Å²) in [4.78, 5) is 14.7. The summed E-state index contributed by atoms with van der Waals surface area (Å²) in [5.41, 5.74) is 6.57. The molecule has 0 saturated heterocycles. The quantitative estimate of drug-likeness (QED) is 0.643. The number of carbonyl (C=O) groups is 1. The maximum atomic E-state index is 10.5. The molecule has 2 aromatic carbocycles. The van der Waals surface area contributed by atoms with Crippen LogP contribution in [-0.2, 0) is 0 Å². The first kappa shape index (κ1) is 15.7. The van der Waals surface area contributed by atoms with Crippen molar-refractivity contribution < 1.29 is 4.79 Å². The van der Waals surface area contributed by atoms with Crippen LogP contribution in [0.2, 0.25) is 0 Å². The van der Waals surface area contributed by atoms with E-state index < -0.39 is 5.91 Å². The van der Waals surface area contributed by atoms with Gasteiger partial charge in [0.1, 0.15) is 0 Å². The third kappa shape index (κ3) is 4.37. The predicted octanol–water partition coefficient (Wildman–Crippen LogP) is 4.55. The molecule has 106 valence electrons. The van der Waals surface area contributed by atoms with Crippen LogP contribution < -0.4 is 5.73 Å². The van der Waals surface area contributed by atoms with Gasteiger partial charge in [-0.15, -0.1) is 0 Å². The molecule has 0 spiro atoms. The molecule has 3 aromatic rings. The van der Waals surface area contributed by atoms with Crippen molar-refractivity contribution in [1.29, 1.82) is 0 Å². The number of primary amides is 1. The highest BCUT2D eigenvalue weighted by atomic mass is 79.9.